The number of nitrogens with zero attached hydrogens (tertiary/aromatic N) is 1. The minimum Gasteiger partial charge on any atom is -0.454 e. The van der Waals surface area contributed by atoms with Crippen molar-refractivity contribution in [1.29, 1.82) is 0 Å². The lowest BCUT2D eigenvalue weighted by molar-refractivity contribution is -0.137. The third kappa shape index (κ3) is 4.32. The van der Waals surface area contributed by atoms with Crippen LogP contribution in [0.5, 0.6) is 11.5 Å². The minimum absolute atomic E-state index is 0.107. The summed E-state index contributed by atoms with van der Waals surface area (Å²) in [5.41, 5.74) is -0.210. The first-order valence-electron chi connectivity index (χ1n) is 9.17. The Labute approximate surface area is 175 Å². The maximum Gasteiger partial charge on any atom is 0.419 e. The fraction of sp³-hybridized carbons (Fsp3) is 0.143. The molecule has 0 saturated heterocycles. The number of ether oxygens (including phenoxy) is 2. The Kier molecular flexibility index (Phi) is 5.28. The van der Waals surface area contributed by atoms with Crippen LogP contribution in [0.4, 0.5) is 36.1 Å². The number of halogens is 3. The number of rotatable bonds is 5. The first-order chi connectivity index (χ1) is 14.8. The third-order valence-electron chi connectivity index (χ3n) is 4.52. The van der Waals surface area contributed by atoms with Crippen LogP contribution in [-0.2, 0) is 6.18 Å². The van der Waals surface area contributed by atoms with E-state index in [1.54, 1.807) is 30.3 Å². The number of pyridine rings is 1. The molecule has 0 saturated carbocycles. The first-order valence-corrected chi connectivity index (χ1v) is 9.17. The summed E-state index contributed by atoms with van der Waals surface area (Å²) in [6.07, 6.45) is -3.91. The molecule has 0 atom stereocenters. The molecule has 0 unspecified atom stereocenters. The zero-order valence-corrected chi connectivity index (χ0v) is 16.2. The van der Waals surface area contributed by atoms with Gasteiger partial charge in [-0.3, -0.25) is 4.79 Å². The lowest BCUT2D eigenvalue weighted by Gasteiger charge is -2.17. The summed E-state index contributed by atoms with van der Waals surface area (Å²) in [6.45, 7) is 0.107. The van der Waals surface area contributed by atoms with Crippen LogP contribution in [-0.4, -0.2) is 24.7 Å². The Bertz CT molecular complexity index is 1140. The average Bonchev–Trinajstić information content (AvgIpc) is 3.21. The fourth-order valence-electron chi connectivity index (χ4n) is 3.05. The fourth-order valence-corrected chi connectivity index (χ4v) is 3.05. The number of aromatic nitrogens is 1. The van der Waals surface area contributed by atoms with Crippen molar-refractivity contribution in [3.05, 3.63) is 65.9 Å². The highest BCUT2D eigenvalue weighted by atomic mass is 19.4. The van der Waals surface area contributed by atoms with Crippen molar-refractivity contribution < 1.29 is 27.4 Å². The summed E-state index contributed by atoms with van der Waals surface area (Å²) in [5, 5.41) is 8.15. The molecule has 1 amide bonds. The van der Waals surface area contributed by atoms with Gasteiger partial charge in [0.15, 0.2) is 11.5 Å². The molecule has 3 aromatic rings. The van der Waals surface area contributed by atoms with Crippen molar-refractivity contribution in [2.24, 2.45) is 0 Å². The van der Waals surface area contributed by atoms with Gasteiger partial charge < -0.3 is 25.4 Å². The number of benzene rings is 2. The van der Waals surface area contributed by atoms with Crippen LogP contribution in [0.3, 0.4) is 0 Å². The summed E-state index contributed by atoms with van der Waals surface area (Å²) in [6, 6.07) is 12.6. The van der Waals surface area contributed by atoms with Gasteiger partial charge in [0.25, 0.3) is 5.91 Å². The van der Waals surface area contributed by atoms with Gasteiger partial charge in [0, 0.05) is 31.1 Å². The highest BCUT2D eigenvalue weighted by Crippen LogP contribution is 2.39. The molecular weight excluding hydrogens is 413 g/mol. The monoisotopic (exact) mass is 430 g/mol. The maximum absolute atomic E-state index is 13.6. The largest absolute Gasteiger partial charge is 0.454 e. The molecule has 0 radical (unpaired) electrons. The quantitative estimate of drug-likeness (QED) is 0.545. The Morgan fingerprint density at radius 2 is 1.77 bits per heavy atom. The number of nitrogens with one attached hydrogen (secondary N) is 3. The molecule has 1 aliphatic heterocycles. The van der Waals surface area contributed by atoms with E-state index in [1.807, 2.05) is 0 Å². The molecule has 3 N–H and O–H groups in total. The smallest absolute Gasteiger partial charge is 0.419 e. The molecule has 0 aliphatic carbocycles. The lowest BCUT2D eigenvalue weighted by atomic mass is 10.1. The van der Waals surface area contributed by atoms with E-state index in [4.69, 9.17) is 9.47 Å². The van der Waals surface area contributed by atoms with Crippen LogP contribution in [0.25, 0.3) is 0 Å². The van der Waals surface area contributed by atoms with Crippen LogP contribution in [0.2, 0.25) is 0 Å². The van der Waals surface area contributed by atoms with E-state index in [0.717, 1.165) is 6.20 Å². The molecule has 31 heavy (non-hydrogen) atoms. The molecule has 0 bridgehead atoms. The number of anilines is 4. The van der Waals surface area contributed by atoms with Crippen molar-refractivity contribution >= 4 is 28.8 Å². The number of amides is 1. The Morgan fingerprint density at radius 3 is 2.55 bits per heavy atom. The van der Waals surface area contributed by atoms with Crippen molar-refractivity contribution in [1.82, 2.24) is 10.3 Å². The first kappa shape index (κ1) is 20.3. The van der Waals surface area contributed by atoms with E-state index in [9.17, 15) is 18.0 Å². The Hall–Kier alpha value is -3.95. The van der Waals surface area contributed by atoms with Crippen LogP contribution >= 0.6 is 0 Å². The highest BCUT2D eigenvalue weighted by molar-refractivity contribution is 6.00. The Balaban J connectivity index is 1.68. The standard InChI is InChI=1S/C21H17F3N4O3/c1-25-20(29)13-4-2-3-5-15(13)28-16-9-19(26-10-14(16)21(22,23)24)27-12-6-7-17-18(8-12)31-11-30-17/h2-10H,11H2,1H3,(H,25,29)(H2,26,27,28). The van der Waals surface area contributed by atoms with Gasteiger partial charge >= 0.3 is 6.18 Å². The zero-order chi connectivity index (χ0) is 22.0. The molecule has 2 heterocycles. The molecule has 0 fully saturated rings. The Morgan fingerprint density at radius 1 is 1.00 bits per heavy atom. The molecular formula is C21H17F3N4O3. The average molecular weight is 430 g/mol. The number of alkyl halides is 3. The van der Waals surface area contributed by atoms with Gasteiger partial charge in [-0.1, -0.05) is 12.1 Å². The number of fused-ring (bicyclic) bond motifs is 1. The van der Waals surface area contributed by atoms with Gasteiger partial charge in [-0.05, 0) is 24.3 Å². The zero-order valence-electron chi connectivity index (χ0n) is 16.2. The highest BCUT2D eigenvalue weighted by Gasteiger charge is 2.34. The molecule has 4 rings (SSSR count). The predicted octanol–water partition coefficient (Wildman–Crippen LogP) is 4.68. The normalized spacial score (nSPS) is 12.4. The van der Waals surface area contributed by atoms with Crippen LogP contribution in [0.1, 0.15) is 15.9 Å². The molecule has 1 aromatic heterocycles. The topological polar surface area (TPSA) is 84.5 Å². The van der Waals surface area contributed by atoms with Crippen molar-refractivity contribution in [3.63, 3.8) is 0 Å². The molecule has 160 valence electrons. The van der Waals surface area contributed by atoms with Crippen LogP contribution in [0.15, 0.2) is 54.7 Å². The number of hydrogen-bond donors (Lipinski definition) is 3. The second-order valence-electron chi connectivity index (χ2n) is 6.56. The SMILES string of the molecule is CNC(=O)c1ccccc1Nc1cc(Nc2ccc3c(c2)OCO3)ncc1C(F)(F)F. The van der Waals surface area contributed by atoms with E-state index in [0.29, 0.717) is 17.2 Å². The van der Waals surface area contributed by atoms with Gasteiger partial charge in [0.2, 0.25) is 6.79 Å². The molecule has 1 aliphatic rings. The van der Waals surface area contributed by atoms with Crippen LogP contribution in [0, 0.1) is 0 Å². The van der Waals surface area contributed by atoms with E-state index in [1.165, 1.54) is 25.2 Å². The second kappa shape index (κ2) is 8.05. The maximum atomic E-state index is 13.6. The van der Waals surface area contributed by atoms with Crippen molar-refractivity contribution in [3.8, 4) is 11.5 Å². The van der Waals surface area contributed by atoms with E-state index < -0.39 is 17.6 Å². The van der Waals surface area contributed by atoms with E-state index in [2.05, 4.69) is 20.9 Å². The predicted molar refractivity (Wildman–Crippen MR) is 108 cm³/mol. The molecule has 0 spiro atoms. The summed E-state index contributed by atoms with van der Waals surface area (Å²) in [4.78, 5) is 16.0. The van der Waals surface area contributed by atoms with Crippen LogP contribution < -0.4 is 25.4 Å². The second-order valence-corrected chi connectivity index (χ2v) is 6.56. The van der Waals surface area contributed by atoms with Gasteiger partial charge in [-0.15, -0.1) is 0 Å². The third-order valence-corrected chi connectivity index (χ3v) is 4.52. The summed E-state index contributed by atoms with van der Waals surface area (Å²) in [7, 11) is 1.44. The molecule has 2 aromatic carbocycles. The molecule has 7 nitrogen and oxygen atoms in total. The van der Waals surface area contributed by atoms with Gasteiger partial charge in [-0.2, -0.15) is 13.2 Å². The number of hydrogen-bond acceptors (Lipinski definition) is 6. The minimum atomic E-state index is -4.64. The molecule has 10 heteroatoms. The van der Waals surface area contributed by atoms with E-state index in [-0.39, 0.29) is 29.5 Å². The van der Waals surface area contributed by atoms with Gasteiger partial charge in [0.05, 0.1) is 22.5 Å². The summed E-state index contributed by atoms with van der Waals surface area (Å²) >= 11 is 0. The number of para-hydroxylation sites is 1. The van der Waals surface area contributed by atoms with Crippen molar-refractivity contribution in [2.45, 2.75) is 6.18 Å². The number of carbonyl (C=O) groups excluding carboxylic acids is 1. The summed E-state index contributed by atoms with van der Waals surface area (Å²) < 4.78 is 51.3. The van der Waals surface area contributed by atoms with Crippen molar-refractivity contribution in [2.75, 3.05) is 24.5 Å². The summed E-state index contributed by atoms with van der Waals surface area (Å²) in [5.74, 6) is 0.852. The lowest BCUT2D eigenvalue weighted by Crippen LogP contribution is -2.19. The van der Waals surface area contributed by atoms with Gasteiger partial charge in [-0.25, -0.2) is 4.98 Å². The van der Waals surface area contributed by atoms with Gasteiger partial charge in [0.1, 0.15) is 5.82 Å². The van der Waals surface area contributed by atoms with E-state index >= 15 is 0 Å². The number of carbonyl (C=O) groups is 1.